The Bertz CT molecular complexity index is 899. The van der Waals surface area contributed by atoms with Crippen molar-refractivity contribution in [3.63, 3.8) is 0 Å². The number of carbonyl (C=O) groups is 2. The minimum Gasteiger partial charge on any atom is -0.496 e. The van der Waals surface area contributed by atoms with E-state index in [1.54, 1.807) is 36.4 Å². The lowest BCUT2D eigenvalue weighted by molar-refractivity contribution is 0.0474. The molecule has 3 aromatic rings. The highest BCUT2D eigenvalue weighted by molar-refractivity contribution is 6.01. The van der Waals surface area contributed by atoms with Gasteiger partial charge < -0.3 is 9.47 Å². The number of hydrogen-bond donors (Lipinski definition) is 0. The fraction of sp³-hybridized carbons (Fsp3) is 0.0909. The number of para-hydroxylation sites is 1. The Balaban J connectivity index is 1.64. The maximum absolute atomic E-state index is 12.2. The number of carbonyl (C=O) groups excluding carboxylic acids is 2. The maximum Gasteiger partial charge on any atom is 0.338 e. The largest absolute Gasteiger partial charge is 0.496 e. The second-order valence-electron chi connectivity index (χ2n) is 5.64. The number of ether oxygens (including phenoxy) is 2. The van der Waals surface area contributed by atoms with Gasteiger partial charge in [-0.3, -0.25) is 4.79 Å². The third kappa shape index (κ3) is 3.98. The predicted octanol–water partition coefficient (Wildman–Crippen LogP) is 4.40. The van der Waals surface area contributed by atoms with Crippen LogP contribution in [0.3, 0.4) is 0 Å². The Kier molecular flexibility index (Phi) is 5.44. The zero-order valence-corrected chi connectivity index (χ0v) is 14.3. The van der Waals surface area contributed by atoms with Crippen LogP contribution in [0.5, 0.6) is 5.75 Å². The van der Waals surface area contributed by atoms with Gasteiger partial charge in [0.15, 0.2) is 6.61 Å². The average Bonchev–Trinajstić information content (AvgIpc) is 2.72. The second-order valence-corrected chi connectivity index (χ2v) is 5.64. The number of esters is 1. The number of benzene rings is 3. The van der Waals surface area contributed by atoms with Crippen LogP contribution < -0.4 is 4.74 Å². The van der Waals surface area contributed by atoms with Gasteiger partial charge in [-0.05, 0) is 35.4 Å². The second kappa shape index (κ2) is 8.12. The SMILES string of the molecule is COc1ccccc1C(=O)COC(=O)c1ccc(-c2ccccc2)cc1. The lowest BCUT2D eigenvalue weighted by Gasteiger charge is -2.08. The number of hydrogen-bond acceptors (Lipinski definition) is 4. The molecule has 0 unspecified atom stereocenters. The summed E-state index contributed by atoms with van der Waals surface area (Å²) >= 11 is 0. The summed E-state index contributed by atoms with van der Waals surface area (Å²) in [5, 5.41) is 0. The summed E-state index contributed by atoms with van der Waals surface area (Å²) < 4.78 is 10.3. The van der Waals surface area contributed by atoms with Crippen molar-refractivity contribution in [2.75, 3.05) is 13.7 Å². The van der Waals surface area contributed by atoms with Crippen molar-refractivity contribution in [3.05, 3.63) is 90.0 Å². The Labute approximate surface area is 152 Å². The van der Waals surface area contributed by atoms with Gasteiger partial charge in [0.05, 0.1) is 18.2 Å². The van der Waals surface area contributed by atoms with E-state index in [-0.39, 0.29) is 12.4 Å². The van der Waals surface area contributed by atoms with Crippen LogP contribution in [0.1, 0.15) is 20.7 Å². The van der Waals surface area contributed by atoms with E-state index in [2.05, 4.69) is 0 Å². The molecule has 26 heavy (non-hydrogen) atoms. The third-order valence-electron chi connectivity index (χ3n) is 3.97. The molecule has 130 valence electrons. The summed E-state index contributed by atoms with van der Waals surface area (Å²) in [4.78, 5) is 24.4. The van der Waals surface area contributed by atoms with Crippen LogP contribution in [0, 0.1) is 0 Å². The number of rotatable bonds is 6. The zero-order valence-electron chi connectivity index (χ0n) is 14.3. The Morgan fingerprint density at radius 1 is 0.769 bits per heavy atom. The lowest BCUT2D eigenvalue weighted by Crippen LogP contribution is -2.15. The normalized spacial score (nSPS) is 10.2. The molecule has 0 N–H and O–H groups in total. The van der Waals surface area contributed by atoms with E-state index in [1.807, 2.05) is 42.5 Å². The third-order valence-corrected chi connectivity index (χ3v) is 3.97. The van der Waals surface area contributed by atoms with Gasteiger partial charge >= 0.3 is 5.97 Å². The van der Waals surface area contributed by atoms with E-state index < -0.39 is 5.97 Å². The van der Waals surface area contributed by atoms with E-state index >= 15 is 0 Å². The summed E-state index contributed by atoms with van der Waals surface area (Å²) in [5.41, 5.74) is 2.87. The summed E-state index contributed by atoms with van der Waals surface area (Å²) in [6.07, 6.45) is 0. The van der Waals surface area contributed by atoms with Crippen LogP contribution in [-0.4, -0.2) is 25.5 Å². The number of ketones is 1. The fourth-order valence-electron chi connectivity index (χ4n) is 2.60. The molecule has 3 rings (SSSR count). The molecule has 0 aliphatic heterocycles. The molecule has 0 saturated heterocycles. The van der Waals surface area contributed by atoms with Gasteiger partial charge in [0, 0.05) is 0 Å². The molecule has 0 aliphatic carbocycles. The molecule has 0 radical (unpaired) electrons. The molecule has 3 aromatic carbocycles. The van der Waals surface area contributed by atoms with Crippen LogP contribution in [-0.2, 0) is 4.74 Å². The van der Waals surface area contributed by atoms with Crippen molar-refractivity contribution in [2.45, 2.75) is 0 Å². The first-order valence-electron chi connectivity index (χ1n) is 8.18. The van der Waals surface area contributed by atoms with Crippen molar-refractivity contribution >= 4 is 11.8 Å². The van der Waals surface area contributed by atoms with Gasteiger partial charge in [0.2, 0.25) is 5.78 Å². The van der Waals surface area contributed by atoms with E-state index in [0.29, 0.717) is 16.9 Å². The molecular formula is C22H18O4. The summed E-state index contributed by atoms with van der Waals surface area (Å²) in [6.45, 7) is -0.334. The van der Waals surface area contributed by atoms with Crippen LogP contribution >= 0.6 is 0 Å². The molecule has 0 atom stereocenters. The Morgan fingerprint density at radius 3 is 2.08 bits per heavy atom. The summed E-state index contributed by atoms with van der Waals surface area (Å²) in [5.74, 6) is -0.384. The highest BCUT2D eigenvalue weighted by Crippen LogP contribution is 2.20. The summed E-state index contributed by atoms with van der Waals surface area (Å²) in [7, 11) is 1.49. The monoisotopic (exact) mass is 346 g/mol. The minimum absolute atomic E-state index is 0.309. The molecule has 0 bridgehead atoms. The first-order valence-corrected chi connectivity index (χ1v) is 8.18. The Hall–Kier alpha value is -3.40. The van der Waals surface area contributed by atoms with Crippen molar-refractivity contribution < 1.29 is 19.1 Å². The first-order chi connectivity index (χ1) is 12.7. The standard InChI is InChI=1S/C22H18O4/c1-25-21-10-6-5-9-19(21)20(23)15-26-22(24)18-13-11-17(12-14-18)16-7-3-2-4-8-16/h2-14H,15H2,1H3. The van der Waals surface area contributed by atoms with Crippen LogP contribution in [0.2, 0.25) is 0 Å². The van der Waals surface area contributed by atoms with Crippen molar-refractivity contribution in [1.29, 1.82) is 0 Å². The van der Waals surface area contributed by atoms with E-state index in [9.17, 15) is 9.59 Å². The van der Waals surface area contributed by atoms with Gasteiger partial charge in [-0.2, -0.15) is 0 Å². The highest BCUT2D eigenvalue weighted by atomic mass is 16.5. The van der Waals surface area contributed by atoms with Crippen LogP contribution in [0.4, 0.5) is 0 Å². The quantitative estimate of drug-likeness (QED) is 0.490. The highest BCUT2D eigenvalue weighted by Gasteiger charge is 2.15. The molecule has 0 fully saturated rings. The van der Waals surface area contributed by atoms with Crippen LogP contribution in [0.25, 0.3) is 11.1 Å². The molecule has 0 aliphatic rings. The summed E-state index contributed by atoms with van der Waals surface area (Å²) in [6, 6.07) is 23.8. The Morgan fingerprint density at radius 2 is 1.38 bits per heavy atom. The molecule has 4 heteroatoms. The topological polar surface area (TPSA) is 52.6 Å². The van der Waals surface area contributed by atoms with Gasteiger partial charge in [-0.1, -0.05) is 54.6 Å². The van der Waals surface area contributed by atoms with Crippen molar-refractivity contribution in [2.24, 2.45) is 0 Å². The smallest absolute Gasteiger partial charge is 0.338 e. The number of Topliss-reactive ketones (excluding diaryl/α,β-unsaturated/α-hetero) is 1. The molecule has 4 nitrogen and oxygen atoms in total. The van der Waals surface area contributed by atoms with E-state index in [1.165, 1.54) is 7.11 Å². The van der Waals surface area contributed by atoms with Gasteiger partial charge in [-0.15, -0.1) is 0 Å². The average molecular weight is 346 g/mol. The molecular weight excluding hydrogens is 328 g/mol. The van der Waals surface area contributed by atoms with Crippen LogP contribution in [0.15, 0.2) is 78.9 Å². The zero-order chi connectivity index (χ0) is 18.4. The molecule has 0 spiro atoms. The molecule has 0 amide bonds. The molecule has 0 saturated carbocycles. The minimum atomic E-state index is -0.534. The van der Waals surface area contributed by atoms with Gasteiger partial charge in [0.1, 0.15) is 5.75 Å². The van der Waals surface area contributed by atoms with Crippen molar-refractivity contribution in [3.8, 4) is 16.9 Å². The van der Waals surface area contributed by atoms with E-state index in [4.69, 9.17) is 9.47 Å². The molecule has 0 aromatic heterocycles. The maximum atomic E-state index is 12.2. The fourth-order valence-corrected chi connectivity index (χ4v) is 2.60. The predicted molar refractivity (Wildman–Crippen MR) is 99.5 cm³/mol. The first kappa shape index (κ1) is 17.4. The lowest BCUT2D eigenvalue weighted by atomic mass is 10.0. The van der Waals surface area contributed by atoms with Crippen molar-refractivity contribution in [1.82, 2.24) is 0 Å². The molecule has 0 heterocycles. The van der Waals surface area contributed by atoms with Gasteiger partial charge in [-0.25, -0.2) is 4.79 Å². The van der Waals surface area contributed by atoms with Gasteiger partial charge in [0.25, 0.3) is 0 Å². The van der Waals surface area contributed by atoms with E-state index in [0.717, 1.165) is 11.1 Å². The number of methoxy groups -OCH3 is 1.